The standard InChI is InChI=1S/C20H20BrN3O3/c1-27-11-10-24(19(25)12-14-6-8-15(21)9-7-14)13-18-22-17-5-3-2-4-16(17)20(26)23-18/h2-9H,10-13H2,1H3,(H,22,23,26). The average molecular weight is 430 g/mol. The molecule has 0 aliphatic rings. The fourth-order valence-electron chi connectivity index (χ4n) is 2.77. The zero-order valence-electron chi connectivity index (χ0n) is 14.9. The van der Waals surface area contributed by atoms with Gasteiger partial charge in [-0.2, -0.15) is 0 Å². The predicted octanol–water partition coefficient (Wildman–Crippen LogP) is 2.90. The normalized spacial score (nSPS) is 10.9. The number of para-hydroxylation sites is 1. The minimum Gasteiger partial charge on any atom is -0.383 e. The summed E-state index contributed by atoms with van der Waals surface area (Å²) in [6.45, 7) is 1.05. The number of amides is 1. The van der Waals surface area contributed by atoms with Crippen molar-refractivity contribution in [1.29, 1.82) is 0 Å². The molecule has 0 unspecified atom stereocenters. The van der Waals surface area contributed by atoms with Gasteiger partial charge in [0.2, 0.25) is 5.91 Å². The molecule has 0 saturated carbocycles. The van der Waals surface area contributed by atoms with Crippen molar-refractivity contribution in [3.63, 3.8) is 0 Å². The van der Waals surface area contributed by atoms with Gasteiger partial charge in [-0.1, -0.05) is 40.2 Å². The minimum absolute atomic E-state index is 0.0508. The average Bonchev–Trinajstić information content (AvgIpc) is 2.67. The maximum absolute atomic E-state index is 12.8. The van der Waals surface area contributed by atoms with Gasteiger partial charge in [-0.15, -0.1) is 0 Å². The van der Waals surface area contributed by atoms with E-state index in [-0.39, 0.29) is 24.4 Å². The third-order valence-corrected chi connectivity index (χ3v) is 4.72. The first kappa shape index (κ1) is 19.3. The first-order chi connectivity index (χ1) is 13.1. The van der Waals surface area contributed by atoms with Crippen molar-refractivity contribution >= 4 is 32.7 Å². The fraction of sp³-hybridized carbons (Fsp3) is 0.250. The maximum atomic E-state index is 12.8. The van der Waals surface area contributed by atoms with E-state index in [1.54, 1.807) is 30.2 Å². The van der Waals surface area contributed by atoms with Crippen molar-refractivity contribution < 1.29 is 9.53 Å². The number of halogens is 1. The van der Waals surface area contributed by atoms with Crippen LogP contribution in [0.3, 0.4) is 0 Å². The summed E-state index contributed by atoms with van der Waals surface area (Å²) in [5.74, 6) is 0.407. The van der Waals surface area contributed by atoms with Crippen LogP contribution in [0.2, 0.25) is 0 Å². The number of ether oxygens (including phenoxy) is 1. The van der Waals surface area contributed by atoms with Crippen molar-refractivity contribution in [2.45, 2.75) is 13.0 Å². The van der Waals surface area contributed by atoms with Gasteiger partial charge in [0.05, 0.1) is 30.5 Å². The quantitative estimate of drug-likeness (QED) is 0.626. The molecule has 2 aromatic carbocycles. The molecule has 3 rings (SSSR count). The molecule has 7 heteroatoms. The summed E-state index contributed by atoms with van der Waals surface area (Å²) in [6.07, 6.45) is 0.273. The monoisotopic (exact) mass is 429 g/mol. The van der Waals surface area contributed by atoms with Crippen LogP contribution in [0.15, 0.2) is 57.8 Å². The van der Waals surface area contributed by atoms with Crippen LogP contribution in [0.4, 0.5) is 0 Å². The second kappa shape index (κ2) is 8.92. The Balaban J connectivity index is 1.81. The van der Waals surface area contributed by atoms with Crippen LogP contribution in [0, 0.1) is 0 Å². The number of hydrogen-bond donors (Lipinski definition) is 1. The lowest BCUT2D eigenvalue weighted by Crippen LogP contribution is -2.35. The highest BCUT2D eigenvalue weighted by Gasteiger charge is 2.16. The molecular weight excluding hydrogens is 410 g/mol. The summed E-state index contributed by atoms with van der Waals surface area (Å²) in [7, 11) is 1.59. The molecule has 0 atom stereocenters. The molecule has 0 radical (unpaired) electrons. The molecule has 1 N–H and O–H groups in total. The molecule has 0 aliphatic carbocycles. The largest absolute Gasteiger partial charge is 0.383 e. The Hall–Kier alpha value is -2.51. The Morgan fingerprint density at radius 1 is 1.19 bits per heavy atom. The van der Waals surface area contributed by atoms with E-state index in [2.05, 4.69) is 25.9 Å². The number of benzene rings is 2. The SMILES string of the molecule is COCCN(Cc1nc2ccccc2c(=O)[nH]1)C(=O)Cc1ccc(Br)cc1. The lowest BCUT2D eigenvalue weighted by Gasteiger charge is -2.22. The van der Waals surface area contributed by atoms with E-state index in [1.807, 2.05) is 30.3 Å². The summed E-state index contributed by atoms with van der Waals surface area (Å²) in [4.78, 5) is 34.0. The van der Waals surface area contributed by atoms with Gasteiger partial charge >= 0.3 is 0 Å². The third kappa shape index (κ3) is 5.02. The van der Waals surface area contributed by atoms with Crippen molar-refractivity contribution in [3.05, 3.63) is 74.7 Å². The van der Waals surface area contributed by atoms with Gasteiger partial charge in [0.1, 0.15) is 5.82 Å². The first-order valence-corrected chi connectivity index (χ1v) is 9.35. The van der Waals surface area contributed by atoms with Crippen molar-refractivity contribution in [2.24, 2.45) is 0 Å². The summed E-state index contributed by atoms with van der Waals surface area (Å²) < 4.78 is 6.09. The van der Waals surface area contributed by atoms with E-state index in [4.69, 9.17) is 4.74 Å². The number of aromatic nitrogens is 2. The van der Waals surface area contributed by atoms with E-state index in [1.165, 1.54) is 0 Å². The molecule has 0 spiro atoms. The highest BCUT2D eigenvalue weighted by Crippen LogP contribution is 2.13. The van der Waals surface area contributed by atoms with E-state index in [9.17, 15) is 9.59 Å². The van der Waals surface area contributed by atoms with E-state index in [0.29, 0.717) is 29.9 Å². The minimum atomic E-state index is -0.206. The number of fused-ring (bicyclic) bond motifs is 1. The van der Waals surface area contributed by atoms with Crippen LogP contribution in [-0.2, 0) is 22.5 Å². The highest BCUT2D eigenvalue weighted by atomic mass is 79.9. The van der Waals surface area contributed by atoms with Crippen LogP contribution < -0.4 is 5.56 Å². The zero-order valence-corrected chi connectivity index (χ0v) is 16.5. The molecule has 0 bridgehead atoms. The summed E-state index contributed by atoms with van der Waals surface area (Å²) in [6, 6.07) is 14.8. The molecule has 3 aromatic rings. The summed E-state index contributed by atoms with van der Waals surface area (Å²) >= 11 is 3.39. The number of methoxy groups -OCH3 is 1. The van der Waals surface area contributed by atoms with Gasteiger partial charge < -0.3 is 14.6 Å². The molecule has 0 aliphatic heterocycles. The first-order valence-electron chi connectivity index (χ1n) is 8.56. The molecule has 27 heavy (non-hydrogen) atoms. The van der Waals surface area contributed by atoms with Crippen molar-refractivity contribution in [2.75, 3.05) is 20.3 Å². The lowest BCUT2D eigenvalue weighted by molar-refractivity contribution is -0.131. The van der Waals surface area contributed by atoms with Gasteiger partial charge in [0.15, 0.2) is 0 Å². The summed E-state index contributed by atoms with van der Waals surface area (Å²) in [5.41, 5.74) is 1.33. The Morgan fingerprint density at radius 3 is 2.67 bits per heavy atom. The van der Waals surface area contributed by atoms with Crippen LogP contribution in [0.25, 0.3) is 10.9 Å². The summed E-state index contributed by atoms with van der Waals surface area (Å²) in [5, 5.41) is 0.533. The number of nitrogens with zero attached hydrogens (tertiary/aromatic N) is 2. The van der Waals surface area contributed by atoms with Gasteiger partial charge in [0.25, 0.3) is 5.56 Å². The lowest BCUT2D eigenvalue weighted by atomic mass is 10.1. The molecule has 1 heterocycles. The fourth-order valence-corrected chi connectivity index (χ4v) is 3.04. The Labute approximate surface area is 165 Å². The number of hydrogen-bond acceptors (Lipinski definition) is 4. The van der Waals surface area contributed by atoms with Gasteiger partial charge in [-0.05, 0) is 29.8 Å². The van der Waals surface area contributed by atoms with Crippen LogP contribution in [0.5, 0.6) is 0 Å². The molecule has 1 amide bonds. The van der Waals surface area contributed by atoms with Gasteiger partial charge in [-0.25, -0.2) is 4.98 Å². The second-order valence-electron chi connectivity index (χ2n) is 6.14. The molecule has 1 aromatic heterocycles. The molecule has 0 saturated heterocycles. The van der Waals surface area contributed by atoms with Gasteiger partial charge in [-0.3, -0.25) is 9.59 Å². The van der Waals surface area contributed by atoms with Crippen molar-refractivity contribution in [3.8, 4) is 0 Å². The Kier molecular flexibility index (Phi) is 6.36. The number of rotatable bonds is 7. The highest BCUT2D eigenvalue weighted by molar-refractivity contribution is 9.10. The number of carbonyl (C=O) groups is 1. The predicted molar refractivity (Wildman–Crippen MR) is 108 cm³/mol. The number of carbonyl (C=O) groups excluding carboxylic acids is 1. The van der Waals surface area contributed by atoms with Gasteiger partial charge in [0, 0.05) is 18.1 Å². The van der Waals surface area contributed by atoms with E-state index in [0.717, 1.165) is 10.0 Å². The molecule has 6 nitrogen and oxygen atoms in total. The second-order valence-corrected chi connectivity index (χ2v) is 7.06. The Bertz CT molecular complexity index is 986. The molecular formula is C20H20BrN3O3. The van der Waals surface area contributed by atoms with Crippen molar-refractivity contribution in [1.82, 2.24) is 14.9 Å². The zero-order chi connectivity index (χ0) is 19.2. The van der Waals surface area contributed by atoms with Crippen LogP contribution in [-0.4, -0.2) is 41.0 Å². The maximum Gasteiger partial charge on any atom is 0.258 e. The Morgan fingerprint density at radius 2 is 1.93 bits per heavy atom. The third-order valence-electron chi connectivity index (χ3n) is 4.19. The smallest absolute Gasteiger partial charge is 0.258 e. The molecule has 140 valence electrons. The van der Waals surface area contributed by atoms with E-state index < -0.39 is 0 Å². The number of H-pyrrole nitrogens is 1. The molecule has 0 fully saturated rings. The van der Waals surface area contributed by atoms with Crippen LogP contribution >= 0.6 is 15.9 Å². The number of nitrogens with one attached hydrogen (secondary N) is 1. The van der Waals surface area contributed by atoms with E-state index >= 15 is 0 Å². The van der Waals surface area contributed by atoms with Crippen LogP contribution in [0.1, 0.15) is 11.4 Å². The number of aromatic amines is 1. The topological polar surface area (TPSA) is 75.3 Å².